The second-order valence-corrected chi connectivity index (χ2v) is 12.9. The highest BCUT2D eigenvalue weighted by atomic mass is 16.3. The van der Waals surface area contributed by atoms with E-state index in [0.717, 1.165) is 93.9 Å². The molecule has 1 aromatic rings. The molecule has 0 heterocycles. The third kappa shape index (κ3) is 6.23. The molecule has 4 nitrogen and oxygen atoms in total. The zero-order valence-electron chi connectivity index (χ0n) is 23.9. The quantitative estimate of drug-likeness (QED) is 0.326. The van der Waals surface area contributed by atoms with Crippen molar-refractivity contribution in [3.8, 4) is 0 Å². The molecule has 2 saturated carbocycles. The van der Waals surface area contributed by atoms with Crippen LogP contribution in [0.15, 0.2) is 29.8 Å². The number of benzene rings is 1. The van der Waals surface area contributed by atoms with Gasteiger partial charge in [0, 0.05) is 23.4 Å². The van der Waals surface area contributed by atoms with E-state index in [1.807, 2.05) is 0 Å². The van der Waals surface area contributed by atoms with Crippen LogP contribution in [0.3, 0.4) is 0 Å². The minimum Gasteiger partial charge on any atom is -0.393 e. The number of carbonyl (C=O) groups excluding carboxylic acids is 1. The zero-order valence-corrected chi connectivity index (χ0v) is 23.9. The van der Waals surface area contributed by atoms with E-state index in [4.69, 9.17) is 0 Å². The lowest BCUT2D eigenvalue weighted by Gasteiger charge is -2.45. The van der Waals surface area contributed by atoms with Crippen LogP contribution in [0.2, 0.25) is 0 Å². The van der Waals surface area contributed by atoms with Crippen molar-refractivity contribution in [2.45, 2.75) is 122 Å². The van der Waals surface area contributed by atoms with Crippen LogP contribution in [-0.2, 0) is 6.42 Å². The van der Waals surface area contributed by atoms with Crippen molar-refractivity contribution in [3.63, 3.8) is 0 Å². The maximum Gasteiger partial charge on any atom is 0.166 e. The van der Waals surface area contributed by atoms with E-state index in [-0.39, 0.29) is 17.3 Å². The minimum absolute atomic E-state index is 0.111. The number of aliphatic hydroxyl groups excluding tert-OH is 1. The summed E-state index contributed by atoms with van der Waals surface area (Å²) < 4.78 is 0. The van der Waals surface area contributed by atoms with E-state index >= 15 is 0 Å². The van der Waals surface area contributed by atoms with E-state index in [0.29, 0.717) is 18.7 Å². The first-order chi connectivity index (χ1) is 17.7. The number of allylic oxidation sites excluding steroid dienone is 2. The van der Waals surface area contributed by atoms with Crippen LogP contribution in [0, 0.1) is 11.3 Å². The van der Waals surface area contributed by atoms with Crippen LogP contribution in [0.25, 0.3) is 0 Å². The van der Waals surface area contributed by atoms with Gasteiger partial charge < -0.3 is 15.1 Å². The van der Waals surface area contributed by atoms with Crippen LogP contribution in [0.1, 0.15) is 125 Å². The maximum absolute atomic E-state index is 14.0. The molecule has 0 spiro atoms. The second kappa shape index (κ2) is 12.1. The molecule has 0 amide bonds. The molecule has 0 aliphatic heterocycles. The number of nitrogens with zero attached hydrogens (tertiary/aromatic N) is 1. The summed E-state index contributed by atoms with van der Waals surface area (Å²) in [6, 6.07) is 6.45. The van der Waals surface area contributed by atoms with Crippen LogP contribution in [0.5, 0.6) is 0 Å². The number of hydrogen-bond acceptors (Lipinski definition) is 4. The van der Waals surface area contributed by atoms with E-state index in [2.05, 4.69) is 57.0 Å². The lowest BCUT2D eigenvalue weighted by molar-refractivity contribution is -0.0799. The van der Waals surface area contributed by atoms with Crippen molar-refractivity contribution in [2.75, 3.05) is 20.1 Å². The van der Waals surface area contributed by atoms with Crippen molar-refractivity contribution in [1.29, 1.82) is 0 Å². The topological polar surface area (TPSA) is 60.8 Å². The van der Waals surface area contributed by atoms with Crippen LogP contribution < -0.4 is 0 Å². The number of rotatable bonds is 6. The molecule has 4 aliphatic rings. The highest BCUT2D eigenvalue weighted by molar-refractivity contribution is 5.99. The van der Waals surface area contributed by atoms with Crippen molar-refractivity contribution in [2.24, 2.45) is 11.3 Å². The third-order valence-electron chi connectivity index (χ3n) is 10.0. The Kier molecular flexibility index (Phi) is 9.35. The fourth-order valence-electron chi connectivity index (χ4n) is 7.71. The average Bonchev–Trinajstić information content (AvgIpc) is 3.12. The van der Waals surface area contributed by atoms with Gasteiger partial charge in [-0.1, -0.05) is 56.9 Å². The molecule has 37 heavy (non-hydrogen) atoms. The van der Waals surface area contributed by atoms with Gasteiger partial charge in [0.2, 0.25) is 0 Å². The Balaban J connectivity index is 1.79. The van der Waals surface area contributed by atoms with Gasteiger partial charge in [-0.2, -0.15) is 0 Å². The highest BCUT2D eigenvalue weighted by Gasteiger charge is 2.57. The highest BCUT2D eigenvalue weighted by Crippen LogP contribution is 2.58. The molecule has 206 valence electrons. The smallest absolute Gasteiger partial charge is 0.166 e. The average molecular weight is 510 g/mol. The fraction of sp³-hybridized carbons (Fsp3) is 0.727. The summed E-state index contributed by atoms with van der Waals surface area (Å²) in [5.74, 6) is 0.555. The predicted octanol–water partition coefficient (Wildman–Crippen LogP) is 6.83. The first kappa shape index (κ1) is 28.5. The Morgan fingerprint density at radius 1 is 1.11 bits per heavy atom. The monoisotopic (exact) mass is 509 g/mol. The molecule has 4 heteroatoms. The summed E-state index contributed by atoms with van der Waals surface area (Å²) in [5.41, 5.74) is 3.29. The Morgan fingerprint density at radius 2 is 1.86 bits per heavy atom. The third-order valence-corrected chi connectivity index (χ3v) is 10.0. The molecule has 0 saturated heterocycles. The van der Waals surface area contributed by atoms with Gasteiger partial charge in [0.1, 0.15) is 0 Å². The van der Waals surface area contributed by atoms with Gasteiger partial charge in [0.25, 0.3) is 0 Å². The number of ketones is 1. The Labute approximate surface area is 225 Å². The lowest BCUT2D eigenvalue weighted by atomic mass is 9.64. The largest absolute Gasteiger partial charge is 0.393 e. The first-order valence-electron chi connectivity index (χ1n) is 15.1. The summed E-state index contributed by atoms with van der Waals surface area (Å²) in [6.07, 6.45) is 14.2. The van der Waals surface area contributed by atoms with Gasteiger partial charge in [-0.15, -0.1) is 0 Å². The summed E-state index contributed by atoms with van der Waals surface area (Å²) in [4.78, 5) is 16.3. The van der Waals surface area contributed by atoms with E-state index < -0.39 is 11.7 Å². The molecular formula is C33H51NO3. The summed E-state index contributed by atoms with van der Waals surface area (Å²) in [6.45, 7) is 8.31. The molecule has 2 N–H and O–H groups in total. The Bertz CT molecular complexity index is 964. The predicted molar refractivity (Wildman–Crippen MR) is 152 cm³/mol. The Hall–Kier alpha value is -1.49. The molecule has 1 aromatic carbocycles. The number of likely N-dealkylation sites (N-methyl/N-ethyl adjacent to an activating group) is 1. The normalized spacial score (nSPS) is 31.7. The number of fused-ring (bicyclic) bond motifs is 8. The molecule has 2 bridgehead atoms. The molecule has 0 radical (unpaired) electrons. The molecule has 4 aliphatic carbocycles. The van der Waals surface area contributed by atoms with Crippen molar-refractivity contribution in [3.05, 3.63) is 46.5 Å². The zero-order chi connectivity index (χ0) is 26.6. The van der Waals surface area contributed by atoms with E-state index in [1.54, 1.807) is 0 Å². The van der Waals surface area contributed by atoms with E-state index in [9.17, 15) is 15.0 Å². The number of aliphatic hydroxyl groups is 2. The van der Waals surface area contributed by atoms with Crippen molar-refractivity contribution >= 4 is 5.78 Å². The lowest BCUT2D eigenvalue weighted by Crippen LogP contribution is -2.52. The van der Waals surface area contributed by atoms with Gasteiger partial charge >= 0.3 is 0 Å². The standard InChI is InChI=1S/C33H51NO3/c1-5-20-34(4)23-33(37)19-17-30-28-16-14-25(22-29(28)31(36)26-11-7-6-8-12-26)21-27(35)15-13-24(2)10-9-18-32(30,33)3/h10,14,16,22,26-27,30,35,37H,5-9,11-13,15,17-21,23H2,1-4H3. The van der Waals surface area contributed by atoms with Gasteiger partial charge in [0.05, 0.1) is 11.7 Å². The molecular weight excluding hydrogens is 458 g/mol. The summed E-state index contributed by atoms with van der Waals surface area (Å²) in [5, 5.41) is 23.1. The second-order valence-electron chi connectivity index (χ2n) is 12.9. The SMILES string of the molecule is CCCN(C)CC1(O)CCC2c3ccc(cc3C(=O)C3CCCCC3)CC(O)CCC(C)=CCCC21C. The fourth-order valence-corrected chi connectivity index (χ4v) is 7.71. The number of hydrogen-bond donors (Lipinski definition) is 2. The van der Waals surface area contributed by atoms with Crippen molar-refractivity contribution in [1.82, 2.24) is 4.90 Å². The molecule has 5 rings (SSSR count). The molecule has 0 aromatic heterocycles. The molecule has 4 atom stereocenters. The number of Topliss-reactive ketones (excluding diaryl/α,β-unsaturated/α-hetero) is 1. The van der Waals surface area contributed by atoms with Crippen LogP contribution in [0.4, 0.5) is 0 Å². The van der Waals surface area contributed by atoms with E-state index in [1.165, 1.54) is 12.0 Å². The van der Waals surface area contributed by atoms with Gasteiger partial charge in [-0.05, 0) is 108 Å². The number of carbonyl (C=O) groups is 1. The van der Waals surface area contributed by atoms with Crippen LogP contribution in [-0.4, -0.2) is 52.7 Å². The Morgan fingerprint density at radius 3 is 2.59 bits per heavy atom. The molecule has 4 unspecified atom stereocenters. The van der Waals surface area contributed by atoms with Crippen LogP contribution >= 0.6 is 0 Å². The molecule has 2 fully saturated rings. The maximum atomic E-state index is 14.0. The minimum atomic E-state index is -0.791. The van der Waals surface area contributed by atoms with Crippen molar-refractivity contribution < 1.29 is 15.0 Å². The summed E-state index contributed by atoms with van der Waals surface area (Å²) in [7, 11) is 2.13. The van der Waals surface area contributed by atoms with Gasteiger partial charge in [0.15, 0.2) is 5.78 Å². The first-order valence-corrected chi connectivity index (χ1v) is 15.1. The summed E-state index contributed by atoms with van der Waals surface area (Å²) >= 11 is 0. The van der Waals surface area contributed by atoms with Gasteiger partial charge in [-0.3, -0.25) is 4.79 Å². The van der Waals surface area contributed by atoms with Gasteiger partial charge in [-0.25, -0.2) is 0 Å².